The summed E-state index contributed by atoms with van der Waals surface area (Å²) >= 11 is 0. The summed E-state index contributed by atoms with van der Waals surface area (Å²) in [5, 5.41) is 13.9. The summed E-state index contributed by atoms with van der Waals surface area (Å²) in [6.07, 6.45) is 0. The Balaban J connectivity index is 1.85. The van der Waals surface area contributed by atoms with Crippen LogP contribution in [0.4, 0.5) is 5.69 Å². The zero-order valence-electron chi connectivity index (χ0n) is 16.0. The third kappa shape index (κ3) is 4.23. The predicted octanol–water partition coefficient (Wildman–Crippen LogP) is 3.07. The zero-order valence-corrected chi connectivity index (χ0v) is 16.0. The molecular weight excluding hydrogens is 376 g/mol. The molecule has 1 aromatic heterocycles. The topological polar surface area (TPSA) is 116 Å². The first-order valence-electron chi connectivity index (χ1n) is 9.13. The van der Waals surface area contributed by atoms with Crippen LogP contribution in [0.1, 0.15) is 40.4 Å². The minimum absolute atomic E-state index is 0.00131. The molecule has 0 aliphatic heterocycles. The van der Waals surface area contributed by atoms with Gasteiger partial charge in [0.15, 0.2) is 0 Å². The first-order valence-corrected chi connectivity index (χ1v) is 9.13. The number of ether oxygens (including phenoxy) is 1. The van der Waals surface area contributed by atoms with Crippen LogP contribution in [0.3, 0.4) is 0 Å². The van der Waals surface area contributed by atoms with Crippen molar-refractivity contribution in [2.24, 2.45) is 0 Å². The van der Waals surface area contributed by atoms with Gasteiger partial charge in [-0.15, -0.1) is 0 Å². The summed E-state index contributed by atoms with van der Waals surface area (Å²) in [4.78, 5) is 39.6. The first-order chi connectivity index (χ1) is 13.9. The maximum Gasteiger partial charge on any atom is 0.338 e. The summed E-state index contributed by atoms with van der Waals surface area (Å²) in [5.74, 6) is -0.606. The Hall–Kier alpha value is -3.75. The number of aryl methyl sites for hydroxylation is 1. The zero-order chi connectivity index (χ0) is 21.0. The van der Waals surface area contributed by atoms with Crippen molar-refractivity contribution in [3.8, 4) is 0 Å². The molecule has 0 unspecified atom stereocenters. The van der Waals surface area contributed by atoms with Gasteiger partial charge in [-0.1, -0.05) is 12.1 Å². The predicted molar refractivity (Wildman–Crippen MR) is 106 cm³/mol. The minimum Gasteiger partial charge on any atom is -0.462 e. The number of para-hydroxylation sites is 2. The summed E-state index contributed by atoms with van der Waals surface area (Å²) in [5.41, 5.74) is 1.37. The molecule has 1 heterocycles. The van der Waals surface area contributed by atoms with Crippen LogP contribution in [0.15, 0.2) is 42.5 Å². The van der Waals surface area contributed by atoms with E-state index in [-0.39, 0.29) is 30.0 Å². The number of hydrogen-bond donors (Lipinski definition) is 1. The number of esters is 1. The van der Waals surface area contributed by atoms with E-state index in [2.05, 4.69) is 10.3 Å². The molecule has 150 valence electrons. The fourth-order valence-corrected chi connectivity index (χ4v) is 3.05. The van der Waals surface area contributed by atoms with Crippen LogP contribution in [0, 0.1) is 10.1 Å². The van der Waals surface area contributed by atoms with Crippen LogP contribution in [-0.4, -0.2) is 33.0 Å². The van der Waals surface area contributed by atoms with Crippen molar-refractivity contribution >= 4 is 28.6 Å². The molecule has 2 aromatic carbocycles. The molecule has 1 N–H and O–H groups in total. The van der Waals surface area contributed by atoms with E-state index in [9.17, 15) is 19.7 Å². The minimum atomic E-state index is -0.724. The first kappa shape index (κ1) is 20.0. The molecule has 0 radical (unpaired) electrons. The third-order valence-electron chi connectivity index (χ3n) is 4.36. The number of non-ortho nitro benzene ring substituents is 1. The number of imidazole rings is 1. The molecule has 3 aromatic rings. The molecule has 3 rings (SSSR count). The molecule has 0 saturated carbocycles. The van der Waals surface area contributed by atoms with Gasteiger partial charge in [0, 0.05) is 24.2 Å². The number of nitro benzene ring substituents is 1. The number of fused-ring (bicyclic) bond motifs is 1. The lowest BCUT2D eigenvalue weighted by atomic mass is 10.1. The van der Waals surface area contributed by atoms with E-state index in [4.69, 9.17) is 4.74 Å². The second kappa shape index (κ2) is 8.51. The Kier molecular flexibility index (Phi) is 5.87. The van der Waals surface area contributed by atoms with Crippen LogP contribution in [0.2, 0.25) is 0 Å². The highest BCUT2D eigenvalue weighted by Crippen LogP contribution is 2.19. The van der Waals surface area contributed by atoms with Gasteiger partial charge in [-0.05, 0) is 32.0 Å². The molecule has 29 heavy (non-hydrogen) atoms. The van der Waals surface area contributed by atoms with Crippen LogP contribution >= 0.6 is 0 Å². The molecule has 0 aliphatic rings. The maximum atomic E-state index is 12.6. The molecular formula is C20H20N4O5. The fraction of sp³-hybridized carbons (Fsp3) is 0.250. The van der Waals surface area contributed by atoms with Crippen molar-refractivity contribution in [3.63, 3.8) is 0 Å². The lowest BCUT2D eigenvalue weighted by Crippen LogP contribution is -2.25. The highest BCUT2D eigenvalue weighted by atomic mass is 16.6. The third-order valence-corrected chi connectivity index (χ3v) is 4.36. The van der Waals surface area contributed by atoms with Crippen LogP contribution < -0.4 is 5.32 Å². The van der Waals surface area contributed by atoms with Gasteiger partial charge in [0.05, 0.1) is 34.7 Å². The molecule has 0 bridgehead atoms. The number of carbonyl (C=O) groups excluding carboxylic acids is 2. The molecule has 0 spiro atoms. The van der Waals surface area contributed by atoms with Crippen LogP contribution in [0.25, 0.3) is 11.0 Å². The highest BCUT2D eigenvalue weighted by molar-refractivity contribution is 5.99. The maximum absolute atomic E-state index is 12.6. The van der Waals surface area contributed by atoms with Crippen molar-refractivity contribution < 1.29 is 19.2 Å². The van der Waals surface area contributed by atoms with Crippen molar-refractivity contribution in [2.75, 3.05) is 6.61 Å². The summed E-state index contributed by atoms with van der Waals surface area (Å²) in [6.45, 7) is 4.54. The molecule has 9 nitrogen and oxygen atoms in total. The van der Waals surface area contributed by atoms with Crippen LogP contribution in [0.5, 0.6) is 0 Å². The van der Waals surface area contributed by atoms with Crippen molar-refractivity contribution in [3.05, 3.63) is 69.5 Å². The van der Waals surface area contributed by atoms with E-state index < -0.39 is 16.8 Å². The van der Waals surface area contributed by atoms with Crippen molar-refractivity contribution in [1.82, 2.24) is 14.9 Å². The average molecular weight is 396 g/mol. The number of nitro groups is 1. The molecule has 0 saturated heterocycles. The summed E-state index contributed by atoms with van der Waals surface area (Å²) in [7, 11) is 0. The molecule has 1 amide bonds. The summed E-state index contributed by atoms with van der Waals surface area (Å²) in [6, 6.07) is 11.1. The number of carbonyl (C=O) groups is 2. The van der Waals surface area contributed by atoms with Gasteiger partial charge >= 0.3 is 5.97 Å². The Bertz CT molecular complexity index is 1090. The Morgan fingerprint density at radius 2 is 1.90 bits per heavy atom. The lowest BCUT2D eigenvalue weighted by molar-refractivity contribution is -0.384. The van der Waals surface area contributed by atoms with Gasteiger partial charge in [0.2, 0.25) is 0 Å². The Morgan fingerprint density at radius 3 is 2.59 bits per heavy atom. The number of aromatic nitrogens is 2. The van der Waals surface area contributed by atoms with Crippen molar-refractivity contribution in [2.45, 2.75) is 26.9 Å². The number of nitrogens with one attached hydrogen (secondary N) is 1. The molecule has 0 fully saturated rings. The normalized spacial score (nSPS) is 10.7. The second-order valence-corrected chi connectivity index (χ2v) is 6.19. The monoisotopic (exact) mass is 396 g/mol. The number of amides is 1. The van der Waals surface area contributed by atoms with E-state index in [1.54, 1.807) is 6.92 Å². The highest BCUT2D eigenvalue weighted by Gasteiger charge is 2.19. The van der Waals surface area contributed by atoms with E-state index in [1.807, 2.05) is 35.8 Å². The Morgan fingerprint density at radius 1 is 1.17 bits per heavy atom. The second-order valence-electron chi connectivity index (χ2n) is 6.19. The SMILES string of the molecule is CCOC(=O)c1cc(C(=O)NCc2nc3ccccc3n2CC)cc([N+](=O)[O-])c1. The number of benzene rings is 2. The van der Waals surface area contributed by atoms with Gasteiger partial charge in [-0.3, -0.25) is 14.9 Å². The summed E-state index contributed by atoms with van der Waals surface area (Å²) < 4.78 is 6.86. The number of nitrogens with zero attached hydrogens (tertiary/aromatic N) is 3. The fourth-order valence-electron chi connectivity index (χ4n) is 3.05. The smallest absolute Gasteiger partial charge is 0.338 e. The number of rotatable bonds is 7. The molecule has 9 heteroatoms. The van der Waals surface area contributed by atoms with Gasteiger partial charge in [-0.2, -0.15) is 0 Å². The van der Waals surface area contributed by atoms with E-state index in [1.165, 1.54) is 6.07 Å². The quantitative estimate of drug-likeness (QED) is 0.373. The van der Waals surface area contributed by atoms with E-state index in [0.717, 1.165) is 23.2 Å². The van der Waals surface area contributed by atoms with Crippen molar-refractivity contribution in [1.29, 1.82) is 0 Å². The van der Waals surface area contributed by atoms with Gasteiger partial charge in [-0.25, -0.2) is 9.78 Å². The van der Waals surface area contributed by atoms with Gasteiger partial charge in [0.1, 0.15) is 5.82 Å². The number of hydrogen-bond acceptors (Lipinski definition) is 6. The van der Waals surface area contributed by atoms with Gasteiger partial charge in [0.25, 0.3) is 11.6 Å². The molecule has 0 atom stereocenters. The molecule has 0 aliphatic carbocycles. The lowest BCUT2D eigenvalue weighted by Gasteiger charge is -2.09. The average Bonchev–Trinajstić information content (AvgIpc) is 3.09. The Labute approximate surface area is 166 Å². The van der Waals surface area contributed by atoms with Gasteiger partial charge < -0.3 is 14.6 Å². The standard InChI is InChI=1S/C20H20N4O5/c1-3-23-17-8-6-5-7-16(17)22-18(23)12-21-19(25)13-9-14(20(26)29-4-2)11-15(10-13)24(27)28/h5-11H,3-4,12H2,1-2H3,(H,21,25). The van der Waals surface area contributed by atoms with E-state index >= 15 is 0 Å². The van der Waals surface area contributed by atoms with E-state index in [0.29, 0.717) is 12.4 Å². The van der Waals surface area contributed by atoms with Crippen LogP contribution in [-0.2, 0) is 17.8 Å². The largest absolute Gasteiger partial charge is 0.462 e.